The van der Waals surface area contributed by atoms with Gasteiger partial charge in [-0.05, 0) is 50.6 Å². The summed E-state index contributed by atoms with van der Waals surface area (Å²) in [6, 6.07) is 0. The van der Waals surface area contributed by atoms with Gasteiger partial charge in [-0.2, -0.15) is 9.97 Å². The highest BCUT2D eigenvalue weighted by Gasteiger charge is 2.24. The molecule has 2 fully saturated rings. The van der Waals surface area contributed by atoms with Crippen LogP contribution in [0.15, 0.2) is 9.05 Å². The summed E-state index contributed by atoms with van der Waals surface area (Å²) in [4.78, 5) is 31.7. The molecule has 2 aliphatic rings. The lowest BCUT2D eigenvalue weighted by Gasteiger charge is -2.22. The van der Waals surface area contributed by atoms with Gasteiger partial charge in [-0.25, -0.2) is 5.48 Å². The average Bonchev–Trinajstić information content (AvgIpc) is 3.85. The predicted octanol–water partition coefficient (Wildman–Crippen LogP) is 6.43. The third-order valence-electron chi connectivity index (χ3n) is 10.4. The van der Waals surface area contributed by atoms with Gasteiger partial charge in [0.1, 0.15) is 0 Å². The van der Waals surface area contributed by atoms with Crippen LogP contribution in [0.2, 0.25) is 0 Å². The third-order valence-corrected chi connectivity index (χ3v) is 10.4. The quantitative estimate of drug-likeness (QED) is 0.0399. The minimum Gasteiger partial charge on any atom is -0.481 e. The minimum atomic E-state index is -0.815. The number of aliphatic carboxylic acids is 1. The van der Waals surface area contributed by atoms with Crippen molar-refractivity contribution in [3.8, 4) is 0 Å². The topological polar surface area (TPSA) is 207 Å². The molecular formula is C38H67N7O8. The molecule has 2 atom stereocenters. The molecule has 15 heteroatoms. The Hall–Kier alpha value is -2.98. The van der Waals surface area contributed by atoms with Gasteiger partial charge in [0.25, 0.3) is 0 Å². The Morgan fingerprint density at radius 2 is 1.17 bits per heavy atom. The zero-order chi connectivity index (χ0) is 37.9. The summed E-state index contributed by atoms with van der Waals surface area (Å²) >= 11 is 0. The lowest BCUT2D eigenvalue weighted by Crippen LogP contribution is -2.21. The molecular weight excluding hydrogens is 682 g/mol. The largest absolute Gasteiger partial charge is 0.481 e. The summed E-state index contributed by atoms with van der Waals surface area (Å²) in [7, 11) is 3.37. The van der Waals surface area contributed by atoms with Gasteiger partial charge in [-0.3, -0.25) is 14.8 Å². The number of carbonyl (C=O) groups is 2. The first-order chi connectivity index (χ1) is 25.9. The number of rotatable bonds is 26. The molecule has 0 unspecified atom stereocenters. The number of aromatic nitrogens is 4. The van der Waals surface area contributed by atoms with Gasteiger partial charge in [-0.15, -0.1) is 0 Å². The number of hydrogen-bond acceptors (Lipinski definition) is 13. The van der Waals surface area contributed by atoms with Crippen molar-refractivity contribution >= 4 is 11.9 Å². The highest BCUT2D eigenvalue weighted by Crippen LogP contribution is 2.32. The number of nitrogens with one attached hydrogen (secondary N) is 3. The van der Waals surface area contributed by atoms with E-state index in [4.69, 9.17) is 23.7 Å². The maximum absolute atomic E-state index is 11.7. The van der Waals surface area contributed by atoms with Crippen LogP contribution >= 0.6 is 0 Å². The first-order valence-corrected chi connectivity index (χ1v) is 20.1. The maximum atomic E-state index is 11.7. The Morgan fingerprint density at radius 3 is 1.58 bits per heavy atom. The second-order valence-corrected chi connectivity index (χ2v) is 14.7. The van der Waals surface area contributed by atoms with Gasteiger partial charge in [-0.1, -0.05) is 100 Å². The summed E-state index contributed by atoms with van der Waals surface area (Å²) in [6.07, 6.45) is 21.4. The van der Waals surface area contributed by atoms with Crippen molar-refractivity contribution in [3.63, 3.8) is 0 Å². The van der Waals surface area contributed by atoms with Crippen LogP contribution in [-0.2, 0) is 32.2 Å². The molecule has 2 heterocycles. The number of carbonyl (C=O) groups excluding carboxylic acids is 1. The Bertz CT molecular complexity index is 1230. The van der Waals surface area contributed by atoms with Gasteiger partial charge >= 0.3 is 5.97 Å². The number of hydroxylamine groups is 1. The molecule has 0 saturated heterocycles. The minimum absolute atomic E-state index is 0.0492. The van der Waals surface area contributed by atoms with E-state index in [1.165, 1.54) is 77.0 Å². The lowest BCUT2D eigenvalue weighted by molar-refractivity contribution is -0.137. The summed E-state index contributed by atoms with van der Waals surface area (Å²) in [5.74, 6) is 2.15. The molecule has 302 valence electrons. The smallest absolute Gasteiger partial charge is 0.304 e. The normalized spacial score (nSPS) is 16.5. The van der Waals surface area contributed by atoms with E-state index in [-0.39, 0.29) is 24.7 Å². The fraction of sp³-hybridized carbons (Fsp3) is 0.842. The van der Waals surface area contributed by atoms with Crippen LogP contribution < -0.4 is 16.1 Å². The molecule has 5 N–H and O–H groups in total. The van der Waals surface area contributed by atoms with Crippen LogP contribution in [-0.4, -0.2) is 83.0 Å². The molecule has 0 aliphatic heterocycles. The van der Waals surface area contributed by atoms with Crippen molar-refractivity contribution in [2.24, 2.45) is 11.8 Å². The number of carboxylic acid groups (broad SMARTS) is 1. The molecule has 2 aliphatic carbocycles. The van der Waals surface area contributed by atoms with Crippen LogP contribution in [0.4, 0.5) is 0 Å². The summed E-state index contributed by atoms with van der Waals surface area (Å²) in [6.45, 7) is 4.10. The SMILES string of the molecule is COCCCNCc1noc([C@H](CCCC2CCCCC2)CC(=O)NO)n1.COCCCNCc1noc([C@H](CCCC2CCCCC2)CC(=O)O)n1. The van der Waals surface area contributed by atoms with Crippen molar-refractivity contribution in [2.75, 3.05) is 40.5 Å². The van der Waals surface area contributed by atoms with Crippen LogP contribution in [0.3, 0.4) is 0 Å². The van der Waals surface area contributed by atoms with E-state index in [2.05, 4.69) is 30.9 Å². The first-order valence-electron chi connectivity index (χ1n) is 20.1. The fourth-order valence-corrected chi connectivity index (χ4v) is 7.46. The van der Waals surface area contributed by atoms with E-state index in [9.17, 15) is 14.7 Å². The van der Waals surface area contributed by atoms with Crippen molar-refractivity contribution in [1.82, 2.24) is 36.4 Å². The Balaban J connectivity index is 0.000000286. The number of nitrogens with zero attached hydrogens (tertiary/aromatic N) is 4. The van der Waals surface area contributed by atoms with E-state index in [1.54, 1.807) is 19.7 Å². The van der Waals surface area contributed by atoms with E-state index >= 15 is 0 Å². The molecule has 0 aromatic carbocycles. The monoisotopic (exact) mass is 750 g/mol. The molecule has 0 radical (unpaired) electrons. The summed E-state index contributed by atoms with van der Waals surface area (Å²) < 4.78 is 20.8. The molecule has 2 saturated carbocycles. The lowest BCUT2D eigenvalue weighted by atomic mass is 9.84. The molecule has 0 bridgehead atoms. The van der Waals surface area contributed by atoms with E-state index < -0.39 is 11.9 Å². The number of amides is 1. The predicted molar refractivity (Wildman–Crippen MR) is 198 cm³/mol. The van der Waals surface area contributed by atoms with Crippen LogP contribution in [0.25, 0.3) is 0 Å². The highest BCUT2D eigenvalue weighted by molar-refractivity contribution is 5.75. The van der Waals surface area contributed by atoms with E-state index in [0.29, 0.717) is 49.7 Å². The first kappa shape index (κ1) is 44.4. The molecule has 2 aromatic rings. The van der Waals surface area contributed by atoms with Gasteiger partial charge in [0.15, 0.2) is 11.6 Å². The van der Waals surface area contributed by atoms with Crippen molar-refractivity contribution in [2.45, 2.75) is 153 Å². The van der Waals surface area contributed by atoms with Crippen LogP contribution in [0.1, 0.15) is 164 Å². The fourth-order valence-electron chi connectivity index (χ4n) is 7.46. The van der Waals surface area contributed by atoms with Crippen molar-refractivity contribution in [1.29, 1.82) is 0 Å². The number of carboxylic acids is 1. The zero-order valence-corrected chi connectivity index (χ0v) is 32.3. The Labute approximate surface area is 315 Å². The maximum Gasteiger partial charge on any atom is 0.304 e. The van der Waals surface area contributed by atoms with Gasteiger partial charge in [0.2, 0.25) is 17.7 Å². The molecule has 4 rings (SSSR count). The van der Waals surface area contributed by atoms with E-state index in [0.717, 1.165) is 63.5 Å². The molecule has 53 heavy (non-hydrogen) atoms. The molecule has 1 amide bonds. The second kappa shape index (κ2) is 27.6. The second-order valence-electron chi connectivity index (χ2n) is 14.7. The summed E-state index contributed by atoms with van der Waals surface area (Å²) in [5, 5.41) is 32.6. The van der Waals surface area contributed by atoms with Gasteiger partial charge < -0.3 is 34.3 Å². The molecule has 0 spiro atoms. The Kier molecular flexibility index (Phi) is 23.1. The third kappa shape index (κ3) is 19.3. The number of hydrogen-bond donors (Lipinski definition) is 5. The molecule has 15 nitrogen and oxygen atoms in total. The van der Waals surface area contributed by atoms with Crippen molar-refractivity contribution < 1.29 is 38.4 Å². The number of methoxy groups -OCH3 is 2. The van der Waals surface area contributed by atoms with Gasteiger partial charge in [0, 0.05) is 45.7 Å². The zero-order valence-electron chi connectivity index (χ0n) is 32.3. The van der Waals surface area contributed by atoms with Gasteiger partial charge in [0.05, 0.1) is 19.5 Å². The van der Waals surface area contributed by atoms with Crippen LogP contribution in [0, 0.1) is 11.8 Å². The standard InChI is InChI=1S/C19H34N4O4.C19H33N3O4/c1-26-12-6-11-20-14-17-21-19(27-23-17)16(13-18(24)22-25)10-5-9-15-7-3-2-4-8-15;1-25-12-6-11-20-14-17-21-19(26-22-17)16(13-18(23)24)10-5-9-15-7-3-2-4-8-15/h15-16,20,25H,2-14H2,1H3,(H,22,24);15-16,20H,2-14H2,1H3,(H,23,24)/t2*16-/m11/s1. The van der Waals surface area contributed by atoms with Crippen molar-refractivity contribution in [3.05, 3.63) is 23.4 Å². The van der Waals surface area contributed by atoms with Crippen LogP contribution in [0.5, 0.6) is 0 Å². The number of ether oxygens (including phenoxy) is 2. The average molecular weight is 750 g/mol. The highest BCUT2D eigenvalue weighted by atomic mass is 16.5. The van der Waals surface area contributed by atoms with E-state index in [1.807, 2.05) is 0 Å². The Morgan fingerprint density at radius 1 is 0.717 bits per heavy atom. The summed E-state index contributed by atoms with van der Waals surface area (Å²) in [5.41, 5.74) is 1.71. The molecule has 2 aromatic heterocycles.